The predicted octanol–water partition coefficient (Wildman–Crippen LogP) is 0.490. The lowest BCUT2D eigenvalue weighted by molar-refractivity contribution is -0.123. The summed E-state index contributed by atoms with van der Waals surface area (Å²) in [4.78, 5) is 40.2. The van der Waals surface area contributed by atoms with Crippen molar-refractivity contribution >= 4 is 22.7 Å². The fraction of sp³-hybridized carbons (Fsp3) is 0.231. The second-order valence-electron chi connectivity index (χ2n) is 4.39. The molecule has 1 aromatic carbocycles. The van der Waals surface area contributed by atoms with E-state index in [1.807, 2.05) is 0 Å². The Morgan fingerprint density at radius 1 is 1.05 bits per heavy atom. The molecule has 0 bridgehead atoms. The molecule has 3 rings (SSSR count). The molecule has 6 nitrogen and oxygen atoms in total. The van der Waals surface area contributed by atoms with E-state index in [1.54, 1.807) is 31.2 Å². The highest BCUT2D eigenvalue weighted by Gasteiger charge is 2.32. The van der Waals surface area contributed by atoms with Crippen molar-refractivity contribution in [3.8, 4) is 0 Å². The maximum absolute atomic E-state index is 12.4. The molecule has 0 atom stereocenters. The van der Waals surface area contributed by atoms with E-state index in [-0.39, 0.29) is 24.7 Å². The Bertz CT molecular complexity index is 747. The lowest BCUT2D eigenvalue weighted by Crippen LogP contribution is -2.47. The largest absolute Gasteiger partial charge is 0.280 e. The summed E-state index contributed by atoms with van der Waals surface area (Å²) < 4.78 is 1.07. The van der Waals surface area contributed by atoms with Crippen molar-refractivity contribution in [1.29, 1.82) is 0 Å². The molecule has 0 aliphatic carbocycles. The van der Waals surface area contributed by atoms with Crippen molar-refractivity contribution in [2.24, 2.45) is 0 Å². The summed E-state index contributed by atoms with van der Waals surface area (Å²) in [6, 6.07) is 6.86. The van der Waals surface area contributed by atoms with Gasteiger partial charge in [0.2, 0.25) is 11.8 Å². The first-order valence-corrected chi connectivity index (χ1v) is 5.94. The number of nitrogens with zero attached hydrogens (tertiary/aromatic N) is 3. The number of hydrogen-bond donors (Lipinski definition) is 0. The molecule has 1 fully saturated rings. The van der Waals surface area contributed by atoms with Crippen LogP contribution >= 0.6 is 0 Å². The van der Waals surface area contributed by atoms with Gasteiger partial charge >= 0.3 is 0 Å². The van der Waals surface area contributed by atoms with Crippen LogP contribution in [0, 0.1) is 6.92 Å². The van der Waals surface area contributed by atoms with Gasteiger partial charge in [-0.15, -0.1) is 0 Å². The molecule has 96 valence electrons. The molecule has 0 saturated carbocycles. The number of aromatic nitrogens is 2. The molecule has 6 heteroatoms. The molecular formula is C13H11N3O3. The summed E-state index contributed by atoms with van der Waals surface area (Å²) >= 11 is 0. The molecule has 2 aromatic rings. The van der Waals surface area contributed by atoms with Gasteiger partial charge in [-0.1, -0.05) is 12.1 Å². The minimum Gasteiger partial charge on any atom is -0.272 e. The number of imide groups is 1. The first-order chi connectivity index (χ1) is 9.09. The zero-order chi connectivity index (χ0) is 13.6. The number of benzene rings is 1. The highest BCUT2D eigenvalue weighted by molar-refractivity contribution is 6.14. The SMILES string of the molecule is Cc1nc2ccccc2c(=O)n1N1C(=O)CCC1=O. The second-order valence-corrected chi connectivity index (χ2v) is 4.39. The Kier molecular flexibility index (Phi) is 2.45. The minimum absolute atomic E-state index is 0.136. The summed E-state index contributed by atoms with van der Waals surface area (Å²) in [5.74, 6) is -0.410. The zero-order valence-corrected chi connectivity index (χ0v) is 10.3. The lowest BCUT2D eigenvalue weighted by atomic mass is 10.2. The van der Waals surface area contributed by atoms with Gasteiger partial charge in [0.15, 0.2) is 0 Å². The number of carbonyl (C=O) groups excluding carboxylic acids is 2. The summed E-state index contributed by atoms with van der Waals surface area (Å²) in [7, 11) is 0. The van der Waals surface area contributed by atoms with Crippen LogP contribution in [0.5, 0.6) is 0 Å². The van der Waals surface area contributed by atoms with Crippen LogP contribution in [0.15, 0.2) is 29.1 Å². The van der Waals surface area contributed by atoms with Gasteiger partial charge in [0, 0.05) is 12.8 Å². The second kappa shape index (κ2) is 4.01. The topological polar surface area (TPSA) is 72.3 Å². The Hall–Kier alpha value is -2.50. The molecule has 0 spiro atoms. The predicted molar refractivity (Wildman–Crippen MR) is 68.2 cm³/mol. The van der Waals surface area contributed by atoms with Crippen LogP contribution in [0.25, 0.3) is 10.9 Å². The van der Waals surface area contributed by atoms with Crippen LogP contribution in [0.3, 0.4) is 0 Å². The summed E-state index contributed by atoms with van der Waals surface area (Å²) in [5, 5.41) is 1.29. The highest BCUT2D eigenvalue weighted by Crippen LogP contribution is 2.13. The quantitative estimate of drug-likeness (QED) is 0.697. The van der Waals surface area contributed by atoms with E-state index in [0.29, 0.717) is 16.7 Å². The Balaban J connectivity index is 2.33. The number of fused-ring (bicyclic) bond motifs is 1. The van der Waals surface area contributed by atoms with E-state index in [9.17, 15) is 14.4 Å². The fourth-order valence-electron chi connectivity index (χ4n) is 2.26. The van der Waals surface area contributed by atoms with Gasteiger partial charge < -0.3 is 0 Å². The van der Waals surface area contributed by atoms with E-state index in [2.05, 4.69) is 4.98 Å². The average molecular weight is 257 g/mol. The third kappa shape index (κ3) is 1.64. The van der Waals surface area contributed by atoms with Gasteiger partial charge in [-0.25, -0.2) is 4.98 Å². The Labute approximate surface area is 108 Å². The van der Waals surface area contributed by atoms with Gasteiger partial charge in [-0.2, -0.15) is 9.69 Å². The fourth-order valence-corrected chi connectivity index (χ4v) is 2.26. The molecule has 19 heavy (non-hydrogen) atoms. The molecule has 1 aromatic heterocycles. The summed E-state index contributed by atoms with van der Waals surface area (Å²) in [5.41, 5.74) is 0.159. The van der Waals surface area contributed by atoms with Crippen molar-refractivity contribution in [3.63, 3.8) is 0 Å². The van der Waals surface area contributed by atoms with Crippen molar-refractivity contribution in [2.45, 2.75) is 19.8 Å². The van der Waals surface area contributed by atoms with Gasteiger partial charge in [0.1, 0.15) is 5.82 Å². The minimum atomic E-state index is -0.397. The van der Waals surface area contributed by atoms with E-state index in [0.717, 1.165) is 9.69 Å². The van der Waals surface area contributed by atoms with Gasteiger partial charge in [0.05, 0.1) is 10.9 Å². The first-order valence-electron chi connectivity index (χ1n) is 5.94. The third-order valence-electron chi connectivity index (χ3n) is 3.14. The number of para-hydroxylation sites is 1. The summed E-state index contributed by atoms with van der Waals surface area (Å²) in [6.45, 7) is 1.60. The van der Waals surface area contributed by atoms with Crippen molar-refractivity contribution < 1.29 is 9.59 Å². The summed E-state index contributed by atoms with van der Waals surface area (Å²) in [6.07, 6.45) is 0.273. The molecule has 1 aliphatic heterocycles. The molecule has 0 N–H and O–H groups in total. The number of rotatable bonds is 1. The maximum atomic E-state index is 12.4. The average Bonchev–Trinajstić information content (AvgIpc) is 2.71. The first kappa shape index (κ1) is 11.6. The Morgan fingerprint density at radius 3 is 2.37 bits per heavy atom. The smallest absolute Gasteiger partial charge is 0.272 e. The van der Waals surface area contributed by atoms with Gasteiger partial charge in [-0.3, -0.25) is 14.4 Å². The molecule has 0 radical (unpaired) electrons. The maximum Gasteiger partial charge on any atom is 0.280 e. The molecule has 2 heterocycles. The molecule has 0 unspecified atom stereocenters. The molecule has 1 aliphatic rings. The van der Waals surface area contributed by atoms with E-state index in [4.69, 9.17) is 0 Å². The number of amides is 2. The lowest BCUT2D eigenvalue weighted by Gasteiger charge is -2.18. The van der Waals surface area contributed by atoms with Crippen LogP contribution in [-0.4, -0.2) is 21.5 Å². The van der Waals surface area contributed by atoms with E-state index < -0.39 is 5.56 Å². The number of hydrogen-bond acceptors (Lipinski definition) is 4. The van der Waals surface area contributed by atoms with Crippen molar-refractivity contribution in [1.82, 2.24) is 9.66 Å². The number of aryl methyl sites for hydroxylation is 1. The third-order valence-corrected chi connectivity index (χ3v) is 3.14. The normalized spacial score (nSPS) is 15.5. The monoisotopic (exact) mass is 257 g/mol. The molecule has 1 saturated heterocycles. The highest BCUT2D eigenvalue weighted by atomic mass is 16.2. The van der Waals surface area contributed by atoms with Crippen molar-refractivity contribution in [3.05, 3.63) is 40.4 Å². The van der Waals surface area contributed by atoms with E-state index in [1.165, 1.54) is 0 Å². The van der Waals surface area contributed by atoms with E-state index >= 15 is 0 Å². The van der Waals surface area contributed by atoms with Crippen molar-refractivity contribution in [2.75, 3.05) is 5.01 Å². The van der Waals surface area contributed by atoms with Crippen LogP contribution in [-0.2, 0) is 9.59 Å². The van der Waals surface area contributed by atoms with Gasteiger partial charge in [-0.05, 0) is 19.1 Å². The number of carbonyl (C=O) groups is 2. The molecule has 2 amide bonds. The Morgan fingerprint density at radius 2 is 1.68 bits per heavy atom. The molecular weight excluding hydrogens is 246 g/mol. The van der Waals surface area contributed by atoms with Crippen LogP contribution in [0.4, 0.5) is 0 Å². The van der Waals surface area contributed by atoms with Crippen LogP contribution in [0.1, 0.15) is 18.7 Å². The standard InChI is InChI=1S/C13H11N3O3/c1-8-14-10-5-3-2-4-9(10)13(19)15(8)16-11(17)6-7-12(16)18/h2-5H,6-7H2,1H3. The van der Waals surface area contributed by atoms with Crippen LogP contribution in [0.2, 0.25) is 0 Å². The van der Waals surface area contributed by atoms with Gasteiger partial charge in [0.25, 0.3) is 5.56 Å². The van der Waals surface area contributed by atoms with Crippen LogP contribution < -0.4 is 10.6 Å². The zero-order valence-electron chi connectivity index (χ0n) is 10.3.